The minimum Gasteiger partial charge on any atom is -0.496 e. The minimum absolute atomic E-state index is 0.0971. The maximum Gasteiger partial charge on any atom is 0.123 e. The van der Waals surface area contributed by atoms with Crippen LogP contribution in [0.15, 0.2) is 18.2 Å². The van der Waals surface area contributed by atoms with Gasteiger partial charge in [-0.25, -0.2) is 0 Å². The van der Waals surface area contributed by atoms with Crippen LogP contribution in [0.1, 0.15) is 56.2 Å². The SMILES string of the molecule is CCC1(C(N)c2cc(C)ccc2OC)CCCC1. The summed E-state index contributed by atoms with van der Waals surface area (Å²) >= 11 is 0. The van der Waals surface area contributed by atoms with Gasteiger partial charge in [-0.1, -0.05) is 37.5 Å². The number of hydrogen-bond donors (Lipinski definition) is 1. The van der Waals surface area contributed by atoms with Crippen molar-refractivity contribution in [1.82, 2.24) is 0 Å². The normalized spacial score (nSPS) is 19.8. The molecule has 1 atom stereocenters. The zero-order valence-electron chi connectivity index (χ0n) is 11.8. The summed E-state index contributed by atoms with van der Waals surface area (Å²) in [7, 11) is 1.73. The van der Waals surface area contributed by atoms with Gasteiger partial charge in [-0.05, 0) is 37.7 Å². The zero-order valence-corrected chi connectivity index (χ0v) is 11.8. The van der Waals surface area contributed by atoms with E-state index >= 15 is 0 Å². The summed E-state index contributed by atoms with van der Waals surface area (Å²) in [5.41, 5.74) is 9.33. The highest BCUT2D eigenvalue weighted by Crippen LogP contribution is 2.50. The van der Waals surface area contributed by atoms with Crippen molar-refractivity contribution in [3.05, 3.63) is 29.3 Å². The molecule has 0 amide bonds. The molecule has 0 bridgehead atoms. The van der Waals surface area contributed by atoms with Crippen LogP contribution in [-0.2, 0) is 0 Å². The lowest BCUT2D eigenvalue weighted by atomic mass is 9.73. The Balaban J connectivity index is 2.37. The summed E-state index contributed by atoms with van der Waals surface area (Å²) in [4.78, 5) is 0. The second-order valence-corrected chi connectivity index (χ2v) is 5.65. The number of rotatable bonds is 4. The van der Waals surface area contributed by atoms with E-state index in [1.807, 2.05) is 6.07 Å². The van der Waals surface area contributed by atoms with Gasteiger partial charge in [0, 0.05) is 11.6 Å². The standard InChI is InChI=1S/C16H25NO/c1-4-16(9-5-6-10-16)15(17)13-11-12(2)7-8-14(13)18-3/h7-8,11,15H,4-6,9-10,17H2,1-3H3. The molecule has 0 aromatic heterocycles. The van der Waals surface area contributed by atoms with Gasteiger partial charge < -0.3 is 10.5 Å². The monoisotopic (exact) mass is 247 g/mol. The van der Waals surface area contributed by atoms with Crippen LogP contribution >= 0.6 is 0 Å². The fourth-order valence-corrected chi connectivity index (χ4v) is 3.39. The van der Waals surface area contributed by atoms with Crippen molar-refractivity contribution in [2.75, 3.05) is 7.11 Å². The molecule has 0 heterocycles. The Morgan fingerprint density at radius 1 is 1.33 bits per heavy atom. The number of nitrogens with two attached hydrogens (primary N) is 1. The first-order valence-electron chi connectivity index (χ1n) is 7.03. The van der Waals surface area contributed by atoms with E-state index in [9.17, 15) is 0 Å². The van der Waals surface area contributed by atoms with Gasteiger partial charge in [0.25, 0.3) is 0 Å². The van der Waals surface area contributed by atoms with Crippen LogP contribution in [0.2, 0.25) is 0 Å². The van der Waals surface area contributed by atoms with E-state index in [2.05, 4.69) is 26.0 Å². The van der Waals surface area contributed by atoms with E-state index in [-0.39, 0.29) is 11.5 Å². The van der Waals surface area contributed by atoms with Crippen molar-refractivity contribution >= 4 is 0 Å². The van der Waals surface area contributed by atoms with Crippen molar-refractivity contribution in [1.29, 1.82) is 0 Å². The van der Waals surface area contributed by atoms with E-state index in [1.54, 1.807) is 7.11 Å². The van der Waals surface area contributed by atoms with E-state index in [0.717, 1.165) is 12.2 Å². The smallest absolute Gasteiger partial charge is 0.123 e. The second kappa shape index (κ2) is 5.31. The first-order chi connectivity index (χ1) is 8.63. The molecule has 1 aliphatic carbocycles. The molecule has 1 aliphatic rings. The van der Waals surface area contributed by atoms with Crippen molar-refractivity contribution in [2.45, 2.75) is 52.0 Å². The largest absolute Gasteiger partial charge is 0.496 e. The summed E-state index contributed by atoms with van der Waals surface area (Å²) in [6, 6.07) is 6.42. The van der Waals surface area contributed by atoms with Crippen LogP contribution in [-0.4, -0.2) is 7.11 Å². The van der Waals surface area contributed by atoms with Crippen molar-refractivity contribution < 1.29 is 4.74 Å². The molecule has 100 valence electrons. The molecular formula is C16H25NO. The molecule has 0 saturated heterocycles. The molecule has 0 aliphatic heterocycles. The molecule has 0 radical (unpaired) electrons. The van der Waals surface area contributed by atoms with E-state index in [4.69, 9.17) is 10.5 Å². The van der Waals surface area contributed by atoms with Crippen LogP contribution < -0.4 is 10.5 Å². The summed E-state index contributed by atoms with van der Waals surface area (Å²) in [6.07, 6.45) is 6.29. The summed E-state index contributed by atoms with van der Waals surface area (Å²) in [6.45, 7) is 4.39. The number of ether oxygens (including phenoxy) is 1. The Kier molecular flexibility index (Phi) is 3.96. The predicted octanol–water partition coefficient (Wildman–Crippen LogP) is 3.97. The highest BCUT2D eigenvalue weighted by atomic mass is 16.5. The molecule has 1 saturated carbocycles. The Labute approximate surface area is 111 Å². The second-order valence-electron chi connectivity index (χ2n) is 5.65. The Morgan fingerprint density at radius 3 is 2.56 bits per heavy atom. The highest BCUT2D eigenvalue weighted by Gasteiger charge is 2.39. The first kappa shape index (κ1) is 13.4. The molecule has 1 fully saturated rings. The maximum atomic E-state index is 6.61. The van der Waals surface area contributed by atoms with Crippen molar-refractivity contribution in [2.24, 2.45) is 11.1 Å². The number of hydrogen-bond acceptors (Lipinski definition) is 2. The third-order valence-corrected chi connectivity index (χ3v) is 4.68. The van der Waals surface area contributed by atoms with Crippen LogP contribution in [0, 0.1) is 12.3 Å². The van der Waals surface area contributed by atoms with Gasteiger partial charge in [0.15, 0.2) is 0 Å². The fraction of sp³-hybridized carbons (Fsp3) is 0.625. The summed E-state index contributed by atoms with van der Waals surface area (Å²) < 4.78 is 5.49. The quantitative estimate of drug-likeness (QED) is 0.873. The number of aryl methyl sites for hydroxylation is 1. The molecule has 1 aromatic rings. The Morgan fingerprint density at radius 2 is 2.00 bits per heavy atom. The average Bonchev–Trinajstić information content (AvgIpc) is 2.87. The van der Waals surface area contributed by atoms with Gasteiger partial charge in [-0.3, -0.25) is 0 Å². The van der Waals surface area contributed by atoms with Gasteiger partial charge >= 0.3 is 0 Å². The van der Waals surface area contributed by atoms with Gasteiger partial charge in [-0.2, -0.15) is 0 Å². The zero-order chi connectivity index (χ0) is 13.2. The molecule has 0 spiro atoms. The van der Waals surface area contributed by atoms with Gasteiger partial charge in [-0.15, -0.1) is 0 Å². The number of methoxy groups -OCH3 is 1. The average molecular weight is 247 g/mol. The van der Waals surface area contributed by atoms with E-state index in [1.165, 1.54) is 36.8 Å². The lowest BCUT2D eigenvalue weighted by Crippen LogP contribution is -2.32. The summed E-state index contributed by atoms with van der Waals surface area (Å²) in [5.74, 6) is 0.938. The minimum atomic E-state index is 0.0971. The third-order valence-electron chi connectivity index (χ3n) is 4.68. The topological polar surface area (TPSA) is 35.2 Å². The first-order valence-corrected chi connectivity index (χ1v) is 7.03. The molecule has 2 rings (SSSR count). The van der Waals surface area contributed by atoms with Gasteiger partial charge in [0.2, 0.25) is 0 Å². The van der Waals surface area contributed by atoms with Crippen LogP contribution in [0.25, 0.3) is 0 Å². The van der Waals surface area contributed by atoms with Crippen LogP contribution in [0.5, 0.6) is 5.75 Å². The molecule has 2 nitrogen and oxygen atoms in total. The molecular weight excluding hydrogens is 222 g/mol. The molecule has 2 N–H and O–H groups in total. The molecule has 1 aromatic carbocycles. The molecule has 1 unspecified atom stereocenters. The molecule has 2 heteroatoms. The Bertz CT molecular complexity index is 408. The van der Waals surface area contributed by atoms with Gasteiger partial charge in [0.05, 0.1) is 7.11 Å². The third kappa shape index (κ3) is 2.26. The number of benzene rings is 1. The highest BCUT2D eigenvalue weighted by molar-refractivity contribution is 5.40. The van der Waals surface area contributed by atoms with Crippen molar-refractivity contribution in [3.8, 4) is 5.75 Å². The van der Waals surface area contributed by atoms with E-state index < -0.39 is 0 Å². The molecule has 18 heavy (non-hydrogen) atoms. The predicted molar refractivity (Wildman–Crippen MR) is 75.9 cm³/mol. The maximum absolute atomic E-state index is 6.61. The van der Waals surface area contributed by atoms with Crippen molar-refractivity contribution in [3.63, 3.8) is 0 Å². The van der Waals surface area contributed by atoms with E-state index in [0.29, 0.717) is 0 Å². The van der Waals surface area contributed by atoms with Crippen LogP contribution in [0.3, 0.4) is 0 Å². The van der Waals surface area contributed by atoms with Crippen LogP contribution in [0.4, 0.5) is 0 Å². The lowest BCUT2D eigenvalue weighted by Gasteiger charge is -2.35. The summed E-state index contributed by atoms with van der Waals surface area (Å²) in [5, 5.41) is 0. The lowest BCUT2D eigenvalue weighted by molar-refractivity contribution is 0.218. The van der Waals surface area contributed by atoms with Gasteiger partial charge in [0.1, 0.15) is 5.75 Å². The Hall–Kier alpha value is -1.02. The fourth-order valence-electron chi connectivity index (χ4n) is 3.39.